The van der Waals surface area contributed by atoms with Crippen LogP contribution in [0.1, 0.15) is 50.3 Å². The number of rotatable bonds is 7. The van der Waals surface area contributed by atoms with Crippen LogP contribution in [0.15, 0.2) is 17.5 Å². The summed E-state index contributed by atoms with van der Waals surface area (Å²) in [6.45, 7) is 3.24. The van der Waals surface area contributed by atoms with Gasteiger partial charge < -0.3 is 10.6 Å². The van der Waals surface area contributed by atoms with Gasteiger partial charge in [0.1, 0.15) is 0 Å². The molecule has 120 valence electrons. The fraction of sp³-hybridized carbons (Fsp3) is 0.688. The first-order valence-electron chi connectivity index (χ1n) is 7.81. The van der Waals surface area contributed by atoms with Crippen molar-refractivity contribution in [3.05, 3.63) is 22.4 Å². The second-order valence-corrected chi connectivity index (χ2v) is 6.73. The fourth-order valence-corrected chi connectivity index (χ4v) is 3.49. The largest absolute Gasteiger partial charge is 0.352 e. The van der Waals surface area contributed by atoms with E-state index in [0.29, 0.717) is 18.5 Å². The van der Waals surface area contributed by atoms with Gasteiger partial charge in [0.15, 0.2) is 0 Å². The van der Waals surface area contributed by atoms with Crippen molar-refractivity contribution in [2.24, 2.45) is 0 Å². The SMILES string of the molecule is CC1NCCCC1NC(=O)CCCCCc1cccs1.Cl. The van der Waals surface area contributed by atoms with Gasteiger partial charge in [-0.25, -0.2) is 0 Å². The molecule has 2 heterocycles. The standard InChI is InChI=1S/C16H26N2OS.ClH/c1-13-15(9-5-11-17-13)18-16(19)10-4-2-3-7-14-8-6-12-20-14;/h6,8,12-13,15,17H,2-5,7,9-11H2,1H3,(H,18,19);1H. The van der Waals surface area contributed by atoms with E-state index in [1.54, 1.807) is 0 Å². The van der Waals surface area contributed by atoms with Crippen LogP contribution < -0.4 is 10.6 Å². The normalized spacial score (nSPS) is 21.6. The Kier molecular flexibility index (Phi) is 8.97. The maximum Gasteiger partial charge on any atom is 0.220 e. The molecule has 2 rings (SSSR count). The van der Waals surface area contributed by atoms with E-state index in [1.165, 1.54) is 11.3 Å². The van der Waals surface area contributed by atoms with Crippen molar-refractivity contribution in [2.75, 3.05) is 6.54 Å². The van der Waals surface area contributed by atoms with Crippen molar-refractivity contribution in [3.8, 4) is 0 Å². The highest BCUT2D eigenvalue weighted by Crippen LogP contribution is 2.13. The molecule has 1 aromatic rings. The van der Waals surface area contributed by atoms with Crippen LogP contribution in [-0.2, 0) is 11.2 Å². The lowest BCUT2D eigenvalue weighted by molar-refractivity contribution is -0.122. The topological polar surface area (TPSA) is 41.1 Å². The number of hydrogen-bond donors (Lipinski definition) is 2. The number of unbranched alkanes of at least 4 members (excludes halogenated alkanes) is 2. The monoisotopic (exact) mass is 330 g/mol. The zero-order chi connectivity index (χ0) is 14.2. The van der Waals surface area contributed by atoms with Crippen LogP contribution in [0.25, 0.3) is 0 Å². The number of piperidine rings is 1. The average molecular weight is 331 g/mol. The number of carbonyl (C=O) groups excluding carboxylic acids is 1. The Labute approximate surface area is 138 Å². The quantitative estimate of drug-likeness (QED) is 0.751. The van der Waals surface area contributed by atoms with Crippen LogP contribution >= 0.6 is 23.7 Å². The first-order chi connectivity index (χ1) is 9.75. The van der Waals surface area contributed by atoms with Crippen molar-refractivity contribution < 1.29 is 4.79 Å². The molecule has 5 heteroatoms. The molecule has 0 bridgehead atoms. The average Bonchev–Trinajstić information content (AvgIpc) is 2.94. The molecule has 21 heavy (non-hydrogen) atoms. The van der Waals surface area contributed by atoms with E-state index in [1.807, 2.05) is 11.3 Å². The minimum absolute atomic E-state index is 0. The molecule has 1 saturated heterocycles. The van der Waals surface area contributed by atoms with Gasteiger partial charge in [-0.2, -0.15) is 0 Å². The second kappa shape index (κ2) is 10.2. The predicted octanol–water partition coefficient (Wildman–Crippen LogP) is 3.53. The van der Waals surface area contributed by atoms with E-state index in [-0.39, 0.29) is 18.3 Å². The van der Waals surface area contributed by atoms with Crippen LogP contribution in [-0.4, -0.2) is 24.5 Å². The Morgan fingerprint density at radius 3 is 3.00 bits per heavy atom. The lowest BCUT2D eigenvalue weighted by Gasteiger charge is -2.30. The van der Waals surface area contributed by atoms with Gasteiger partial charge in [0, 0.05) is 23.4 Å². The Morgan fingerprint density at radius 1 is 1.43 bits per heavy atom. The molecule has 1 aliphatic heterocycles. The van der Waals surface area contributed by atoms with Crippen molar-refractivity contribution in [3.63, 3.8) is 0 Å². The minimum Gasteiger partial charge on any atom is -0.352 e. The number of aryl methyl sites for hydroxylation is 1. The molecule has 1 fully saturated rings. The van der Waals surface area contributed by atoms with E-state index < -0.39 is 0 Å². The Hall–Kier alpha value is -0.580. The molecule has 0 aromatic carbocycles. The van der Waals surface area contributed by atoms with Gasteiger partial charge in [0.05, 0.1) is 0 Å². The van der Waals surface area contributed by atoms with E-state index >= 15 is 0 Å². The smallest absolute Gasteiger partial charge is 0.220 e. The highest BCUT2D eigenvalue weighted by Gasteiger charge is 2.21. The third kappa shape index (κ3) is 6.81. The van der Waals surface area contributed by atoms with Crippen LogP contribution in [0.3, 0.4) is 0 Å². The van der Waals surface area contributed by atoms with Gasteiger partial charge >= 0.3 is 0 Å². The highest BCUT2D eigenvalue weighted by molar-refractivity contribution is 7.09. The minimum atomic E-state index is 0. The molecule has 1 aliphatic rings. The summed E-state index contributed by atoms with van der Waals surface area (Å²) in [5.41, 5.74) is 0. The summed E-state index contributed by atoms with van der Waals surface area (Å²) in [6.07, 6.45) is 7.44. The second-order valence-electron chi connectivity index (χ2n) is 5.70. The van der Waals surface area contributed by atoms with Gasteiger partial charge in [-0.05, 0) is 57.0 Å². The van der Waals surface area contributed by atoms with Gasteiger partial charge in [0.2, 0.25) is 5.91 Å². The fourth-order valence-electron chi connectivity index (χ4n) is 2.74. The summed E-state index contributed by atoms with van der Waals surface area (Å²) < 4.78 is 0. The van der Waals surface area contributed by atoms with Gasteiger partial charge in [0.25, 0.3) is 0 Å². The maximum atomic E-state index is 11.9. The Bertz CT molecular complexity index is 397. The van der Waals surface area contributed by atoms with Gasteiger partial charge in [-0.15, -0.1) is 23.7 Å². The molecule has 3 nitrogen and oxygen atoms in total. The van der Waals surface area contributed by atoms with E-state index in [2.05, 4.69) is 35.1 Å². The molecule has 1 aromatic heterocycles. The molecular formula is C16H27ClN2OS. The van der Waals surface area contributed by atoms with E-state index in [9.17, 15) is 4.79 Å². The lowest BCUT2D eigenvalue weighted by atomic mass is 9.99. The van der Waals surface area contributed by atoms with Crippen molar-refractivity contribution in [1.82, 2.24) is 10.6 Å². The van der Waals surface area contributed by atoms with E-state index in [4.69, 9.17) is 0 Å². The van der Waals surface area contributed by atoms with Crippen LogP contribution in [0.5, 0.6) is 0 Å². The molecule has 0 saturated carbocycles. The van der Waals surface area contributed by atoms with E-state index in [0.717, 1.165) is 38.6 Å². The molecule has 1 amide bonds. The summed E-state index contributed by atoms with van der Waals surface area (Å²) in [4.78, 5) is 13.4. The van der Waals surface area contributed by atoms with Crippen LogP contribution in [0, 0.1) is 0 Å². The summed E-state index contributed by atoms with van der Waals surface area (Å²) in [6, 6.07) is 5.02. The molecule has 0 spiro atoms. The number of nitrogens with one attached hydrogen (secondary N) is 2. The zero-order valence-electron chi connectivity index (χ0n) is 12.8. The molecule has 0 aliphatic carbocycles. The van der Waals surface area contributed by atoms with Crippen molar-refractivity contribution in [2.45, 2.75) is 64.0 Å². The summed E-state index contributed by atoms with van der Waals surface area (Å²) in [5.74, 6) is 0.224. The first kappa shape index (κ1) is 18.5. The summed E-state index contributed by atoms with van der Waals surface area (Å²) >= 11 is 1.82. The summed E-state index contributed by atoms with van der Waals surface area (Å²) in [7, 11) is 0. The number of carbonyl (C=O) groups is 1. The lowest BCUT2D eigenvalue weighted by Crippen LogP contribution is -2.51. The first-order valence-corrected chi connectivity index (χ1v) is 8.69. The van der Waals surface area contributed by atoms with Crippen molar-refractivity contribution in [1.29, 1.82) is 0 Å². The summed E-state index contributed by atoms with van der Waals surface area (Å²) in [5, 5.41) is 8.72. The Morgan fingerprint density at radius 2 is 2.29 bits per heavy atom. The third-order valence-electron chi connectivity index (χ3n) is 4.02. The molecule has 2 N–H and O–H groups in total. The number of halogens is 1. The Balaban J connectivity index is 0.00000220. The predicted molar refractivity (Wildman–Crippen MR) is 92.4 cm³/mol. The molecule has 0 radical (unpaired) electrons. The van der Waals surface area contributed by atoms with Crippen molar-refractivity contribution >= 4 is 29.7 Å². The van der Waals surface area contributed by atoms with Crippen LogP contribution in [0.4, 0.5) is 0 Å². The third-order valence-corrected chi connectivity index (χ3v) is 4.95. The number of amides is 1. The van der Waals surface area contributed by atoms with Crippen LogP contribution in [0.2, 0.25) is 0 Å². The maximum absolute atomic E-state index is 11.9. The molecule has 2 unspecified atom stereocenters. The number of hydrogen-bond acceptors (Lipinski definition) is 3. The number of thiophene rings is 1. The molecular weight excluding hydrogens is 304 g/mol. The van der Waals surface area contributed by atoms with Gasteiger partial charge in [-0.1, -0.05) is 12.5 Å². The molecule has 2 atom stereocenters. The highest BCUT2D eigenvalue weighted by atomic mass is 35.5. The van der Waals surface area contributed by atoms with Gasteiger partial charge in [-0.3, -0.25) is 4.79 Å². The zero-order valence-corrected chi connectivity index (χ0v) is 14.4.